The minimum absolute atomic E-state index is 0.285. The van der Waals surface area contributed by atoms with Crippen molar-refractivity contribution in [3.63, 3.8) is 0 Å². The topological polar surface area (TPSA) is 47.0 Å². The summed E-state index contributed by atoms with van der Waals surface area (Å²) in [6.45, 7) is 2.06. The first kappa shape index (κ1) is 10.2. The van der Waals surface area contributed by atoms with Gasteiger partial charge < -0.3 is 0 Å². The highest BCUT2D eigenvalue weighted by molar-refractivity contribution is 7.90. The van der Waals surface area contributed by atoms with E-state index in [0.717, 1.165) is 18.5 Å². The first-order valence-corrected chi connectivity index (χ1v) is 6.08. The highest BCUT2D eigenvalue weighted by Crippen LogP contribution is 2.08. The lowest BCUT2D eigenvalue weighted by Gasteiger charge is -1.99. The highest BCUT2D eigenvalue weighted by Gasteiger charge is 2.06. The van der Waals surface area contributed by atoms with Gasteiger partial charge in [0.1, 0.15) is 0 Å². The van der Waals surface area contributed by atoms with E-state index in [1.807, 2.05) is 0 Å². The molecular weight excluding hydrogens is 186 g/mol. The maximum Gasteiger partial charge on any atom is 0.177 e. The first-order chi connectivity index (χ1) is 6.04. The van der Waals surface area contributed by atoms with Crippen LogP contribution in [0.5, 0.6) is 0 Å². The lowest BCUT2D eigenvalue weighted by molar-refractivity contribution is 0.601. The van der Waals surface area contributed by atoms with Crippen LogP contribution in [0.2, 0.25) is 0 Å². The van der Waals surface area contributed by atoms with Gasteiger partial charge in [0.2, 0.25) is 0 Å². The molecule has 0 saturated carbocycles. The van der Waals surface area contributed by atoms with Gasteiger partial charge in [0, 0.05) is 18.1 Å². The molecular formula is C9H13NO2S. The van der Waals surface area contributed by atoms with Gasteiger partial charge in [-0.2, -0.15) is 0 Å². The normalized spacial score (nSPS) is 11.5. The molecule has 13 heavy (non-hydrogen) atoms. The molecule has 3 nitrogen and oxygen atoms in total. The molecule has 1 rings (SSSR count). The molecule has 1 aromatic heterocycles. The van der Waals surface area contributed by atoms with Crippen LogP contribution >= 0.6 is 0 Å². The molecule has 4 heteroatoms. The quantitative estimate of drug-likeness (QED) is 0.740. The van der Waals surface area contributed by atoms with Crippen LogP contribution in [0.3, 0.4) is 0 Å². The van der Waals surface area contributed by atoms with Crippen molar-refractivity contribution < 1.29 is 8.42 Å². The van der Waals surface area contributed by atoms with Gasteiger partial charge in [-0.15, -0.1) is 0 Å². The van der Waals surface area contributed by atoms with Gasteiger partial charge in [0.25, 0.3) is 0 Å². The molecule has 0 aromatic carbocycles. The zero-order chi connectivity index (χ0) is 9.90. The molecule has 72 valence electrons. The fraction of sp³-hybridized carbons (Fsp3) is 0.444. The van der Waals surface area contributed by atoms with Gasteiger partial charge in [-0.25, -0.2) is 8.42 Å². The third kappa shape index (κ3) is 2.81. The van der Waals surface area contributed by atoms with Gasteiger partial charge in [-0.3, -0.25) is 4.98 Å². The van der Waals surface area contributed by atoms with E-state index >= 15 is 0 Å². The Morgan fingerprint density at radius 1 is 1.38 bits per heavy atom. The maximum atomic E-state index is 11.1. The minimum atomic E-state index is -3.10. The molecule has 0 N–H and O–H groups in total. The zero-order valence-corrected chi connectivity index (χ0v) is 8.63. The average molecular weight is 199 g/mol. The van der Waals surface area contributed by atoms with Crippen LogP contribution in [0.25, 0.3) is 0 Å². The molecule has 0 saturated heterocycles. The summed E-state index contributed by atoms with van der Waals surface area (Å²) in [6.07, 6.45) is 4.51. The Bertz CT molecular complexity index is 367. The standard InChI is InChI=1S/C9H13NO2S/c1-3-4-8-5-6-9(7-10-8)13(2,11)12/h5-7H,3-4H2,1-2H3. The zero-order valence-electron chi connectivity index (χ0n) is 7.82. The third-order valence-corrected chi connectivity index (χ3v) is 2.83. The van der Waals surface area contributed by atoms with E-state index in [-0.39, 0.29) is 4.90 Å². The van der Waals surface area contributed by atoms with Crippen molar-refractivity contribution in [1.82, 2.24) is 4.98 Å². The second-order valence-electron chi connectivity index (χ2n) is 3.01. The predicted molar refractivity (Wildman–Crippen MR) is 51.3 cm³/mol. The van der Waals surface area contributed by atoms with E-state index in [0.29, 0.717) is 0 Å². The van der Waals surface area contributed by atoms with Crippen molar-refractivity contribution in [3.8, 4) is 0 Å². The summed E-state index contributed by atoms with van der Waals surface area (Å²) in [6, 6.07) is 3.37. The van der Waals surface area contributed by atoms with E-state index in [1.165, 1.54) is 12.5 Å². The molecule has 0 spiro atoms. The monoisotopic (exact) mass is 199 g/mol. The Hall–Kier alpha value is -0.900. The van der Waals surface area contributed by atoms with Crippen LogP contribution < -0.4 is 0 Å². The van der Waals surface area contributed by atoms with Crippen molar-refractivity contribution in [2.75, 3.05) is 6.26 Å². The molecule has 0 aliphatic carbocycles. The summed E-state index contributed by atoms with van der Waals surface area (Å²) in [4.78, 5) is 4.34. The molecule has 0 atom stereocenters. The number of hydrogen-bond donors (Lipinski definition) is 0. The van der Waals surface area contributed by atoms with Crippen LogP contribution in [0, 0.1) is 0 Å². The van der Waals surface area contributed by atoms with Crippen molar-refractivity contribution in [2.45, 2.75) is 24.7 Å². The van der Waals surface area contributed by atoms with E-state index in [1.54, 1.807) is 12.1 Å². The van der Waals surface area contributed by atoms with Crippen LogP contribution in [0.15, 0.2) is 23.2 Å². The minimum Gasteiger partial charge on any atom is -0.260 e. The molecule has 0 radical (unpaired) electrons. The summed E-state index contributed by atoms with van der Waals surface area (Å²) >= 11 is 0. The number of aryl methyl sites for hydroxylation is 1. The lowest BCUT2D eigenvalue weighted by atomic mass is 10.2. The molecule has 0 aliphatic heterocycles. The molecule has 0 unspecified atom stereocenters. The van der Waals surface area contributed by atoms with Gasteiger partial charge in [0.15, 0.2) is 9.84 Å². The molecule has 0 aliphatic rings. The Morgan fingerprint density at radius 2 is 2.08 bits per heavy atom. The van der Waals surface area contributed by atoms with Crippen molar-refractivity contribution in [1.29, 1.82) is 0 Å². The van der Waals surface area contributed by atoms with E-state index < -0.39 is 9.84 Å². The maximum absolute atomic E-state index is 11.1. The van der Waals surface area contributed by atoms with Gasteiger partial charge in [-0.05, 0) is 18.6 Å². The smallest absolute Gasteiger partial charge is 0.177 e. The Balaban J connectivity index is 2.94. The van der Waals surface area contributed by atoms with E-state index in [4.69, 9.17) is 0 Å². The SMILES string of the molecule is CCCc1ccc(S(C)(=O)=O)cn1. The van der Waals surface area contributed by atoms with Crippen molar-refractivity contribution in [3.05, 3.63) is 24.0 Å². The molecule has 0 fully saturated rings. The first-order valence-electron chi connectivity index (χ1n) is 4.19. The van der Waals surface area contributed by atoms with Crippen molar-refractivity contribution >= 4 is 9.84 Å². The Morgan fingerprint density at radius 3 is 2.46 bits per heavy atom. The van der Waals surface area contributed by atoms with Crippen LogP contribution in [-0.2, 0) is 16.3 Å². The number of rotatable bonds is 3. The summed E-state index contributed by atoms with van der Waals surface area (Å²) < 4.78 is 22.1. The van der Waals surface area contributed by atoms with Gasteiger partial charge in [0.05, 0.1) is 4.90 Å². The second kappa shape index (κ2) is 3.87. The Labute approximate surface area is 78.7 Å². The van der Waals surface area contributed by atoms with E-state index in [9.17, 15) is 8.42 Å². The van der Waals surface area contributed by atoms with Crippen LogP contribution in [0.1, 0.15) is 19.0 Å². The fourth-order valence-corrected chi connectivity index (χ4v) is 1.59. The molecule has 1 heterocycles. The van der Waals surface area contributed by atoms with Crippen molar-refractivity contribution in [2.24, 2.45) is 0 Å². The van der Waals surface area contributed by atoms with Crippen LogP contribution in [-0.4, -0.2) is 19.7 Å². The number of pyridine rings is 1. The number of aromatic nitrogens is 1. The predicted octanol–water partition coefficient (Wildman–Crippen LogP) is 1.44. The third-order valence-electron chi connectivity index (χ3n) is 1.73. The molecule has 0 bridgehead atoms. The van der Waals surface area contributed by atoms with E-state index in [2.05, 4.69) is 11.9 Å². The second-order valence-corrected chi connectivity index (χ2v) is 5.02. The lowest BCUT2D eigenvalue weighted by Crippen LogP contribution is -1.98. The summed E-state index contributed by atoms with van der Waals surface area (Å²) in [5.41, 5.74) is 0.940. The van der Waals surface area contributed by atoms with Gasteiger partial charge in [-0.1, -0.05) is 13.3 Å². The number of sulfone groups is 1. The molecule has 0 amide bonds. The average Bonchev–Trinajstić information content (AvgIpc) is 2.04. The van der Waals surface area contributed by atoms with Gasteiger partial charge >= 0.3 is 0 Å². The summed E-state index contributed by atoms with van der Waals surface area (Å²) in [7, 11) is -3.10. The summed E-state index contributed by atoms with van der Waals surface area (Å²) in [5, 5.41) is 0. The number of hydrogen-bond acceptors (Lipinski definition) is 3. The summed E-state index contributed by atoms with van der Waals surface area (Å²) in [5.74, 6) is 0. The highest BCUT2D eigenvalue weighted by atomic mass is 32.2. The molecule has 1 aromatic rings. The fourth-order valence-electron chi connectivity index (χ4n) is 1.03. The number of nitrogens with zero attached hydrogens (tertiary/aromatic N) is 1. The van der Waals surface area contributed by atoms with Crippen LogP contribution in [0.4, 0.5) is 0 Å². The largest absolute Gasteiger partial charge is 0.260 e. The Kier molecular flexibility index (Phi) is 3.03.